The van der Waals surface area contributed by atoms with Gasteiger partial charge in [0.25, 0.3) is 0 Å². The van der Waals surface area contributed by atoms with Crippen molar-refractivity contribution < 1.29 is 9.47 Å². The number of ether oxygens (including phenoxy) is 2. The number of nitrogens with zero attached hydrogens (tertiary/aromatic N) is 2. The van der Waals surface area contributed by atoms with Crippen molar-refractivity contribution in [1.82, 2.24) is 9.97 Å². The van der Waals surface area contributed by atoms with E-state index in [2.05, 4.69) is 9.97 Å². The minimum atomic E-state index is 0.417. The van der Waals surface area contributed by atoms with Gasteiger partial charge in [-0.25, -0.2) is 9.97 Å². The highest BCUT2D eigenvalue weighted by atomic mass is 35.5. The van der Waals surface area contributed by atoms with Gasteiger partial charge in [0.15, 0.2) is 0 Å². The van der Waals surface area contributed by atoms with E-state index < -0.39 is 0 Å². The molecule has 0 N–H and O–H groups in total. The van der Waals surface area contributed by atoms with Crippen LogP contribution >= 0.6 is 11.6 Å². The van der Waals surface area contributed by atoms with Crippen LogP contribution in [-0.2, 0) is 6.61 Å². The zero-order valence-corrected chi connectivity index (χ0v) is 15.5. The highest BCUT2D eigenvalue weighted by molar-refractivity contribution is 6.34. The predicted octanol–water partition coefficient (Wildman–Crippen LogP) is 5.54. The highest BCUT2D eigenvalue weighted by Crippen LogP contribution is 2.29. The molecule has 0 fully saturated rings. The molecule has 0 aliphatic carbocycles. The van der Waals surface area contributed by atoms with Gasteiger partial charge in [0, 0.05) is 17.0 Å². The Kier molecular flexibility index (Phi) is 4.90. The maximum absolute atomic E-state index is 6.38. The average molecular weight is 377 g/mol. The number of aromatic nitrogens is 2. The van der Waals surface area contributed by atoms with Gasteiger partial charge in [-0.15, -0.1) is 0 Å². The first-order chi connectivity index (χ1) is 13.2. The number of fused-ring (bicyclic) bond motifs is 1. The normalized spacial score (nSPS) is 10.7. The van der Waals surface area contributed by atoms with Crippen molar-refractivity contribution in [3.63, 3.8) is 0 Å². The summed E-state index contributed by atoms with van der Waals surface area (Å²) in [6, 6.07) is 23.3. The van der Waals surface area contributed by atoms with Crippen LogP contribution in [0.3, 0.4) is 0 Å². The maximum atomic E-state index is 6.38. The zero-order valence-electron chi connectivity index (χ0n) is 14.7. The summed E-state index contributed by atoms with van der Waals surface area (Å²) in [4.78, 5) is 9.09. The van der Waals surface area contributed by atoms with Crippen molar-refractivity contribution in [2.45, 2.75) is 6.61 Å². The molecule has 0 saturated heterocycles. The molecule has 4 rings (SSSR count). The average Bonchev–Trinajstić information content (AvgIpc) is 2.73. The summed E-state index contributed by atoms with van der Waals surface area (Å²) in [7, 11) is 1.64. The Morgan fingerprint density at radius 1 is 0.889 bits per heavy atom. The molecule has 0 radical (unpaired) electrons. The Balaban J connectivity index is 1.65. The number of hydrogen-bond acceptors (Lipinski definition) is 4. The molecule has 0 spiro atoms. The second kappa shape index (κ2) is 7.64. The van der Waals surface area contributed by atoms with Gasteiger partial charge in [-0.05, 0) is 42.0 Å². The fourth-order valence-electron chi connectivity index (χ4n) is 2.79. The lowest BCUT2D eigenvalue weighted by Crippen LogP contribution is -1.97. The van der Waals surface area contributed by atoms with E-state index in [0.717, 1.165) is 33.5 Å². The molecule has 134 valence electrons. The minimum Gasteiger partial charge on any atom is -0.497 e. The Bertz CT molecular complexity index is 1070. The largest absolute Gasteiger partial charge is 0.497 e. The van der Waals surface area contributed by atoms with Crippen molar-refractivity contribution in [3.05, 3.63) is 83.5 Å². The van der Waals surface area contributed by atoms with Gasteiger partial charge >= 0.3 is 0 Å². The van der Waals surface area contributed by atoms with E-state index in [1.54, 1.807) is 7.11 Å². The quantitative estimate of drug-likeness (QED) is 0.429. The first-order valence-electron chi connectivity index (χ1n) is 8.51. The molecule has 4 aromatic rings. The lowest BCUT2D eigenvalue weighted by atomic mass is 10.1. The molecule has 0 aliphatic heterocycles. The van der Waals surface area contributed by atoms with Crippen molar-refractivity contribution in [3.8, 4) is 22.9 Å². The highest BCUT2D eigenvalue weighted by Gasteiger charge is 2.09. The standard InChI is InChI=1S/C22H17ClN2O2/c1-26-17-9-7-16(8-10-17)19-13-20-18(22(23)25-19)11-12-21(24-20)27-14-15-5-3-2-4-6-15/h2-13H,14H2,1H3. The van der Waals surface area contributed by atoms with Crippen LogP contribution in [0, 0.1) is 0 Å². The molecular formula is C22H17ClN2O2. The first kappa shape index (κ1) is 17.3. The molecular weight excluding hydrogens is 360 g/mol. The summed E-state index contributed by atoms with van der Waals surface area (Å²) in [5, 5.41) is 1.21. The van der Waals surface area contributed by atoms with Crippen molar-refractivity contribution in [2.75, 3.05) is 7.11 Å². The van der Waals surface area contributed by atoms with Crippen LogP contribution in [0.4, 0.5) is 0 Å². The van der Waals surface area contributed by atoms with E-state index >= 15 is 0 Å². The summed E-state index contributed by atoms with van der Waals surface area (Å²) in [6.07, 6.45) is 0. The lowest BCUT2D eigenvalue weighted by Gasteiger charge is -2.09. The van der Waals surface area contributed by atoms with Crippen LogP contribution < -0.4 is 9.47 Å². The van der Waals surface area contributed by atoms with Crippen molar-refractivity contribution in [1.29, 1.82) is 0 Å². The molecule has 0 bridgehead atoms. The number of pyridine rings is 2. The van der Waals surface area contributed by atoms with E-state index in [-0.39, 0.29) is 0 Å². The fourth-order valence-corrected chi connectivity index (χ4v) is 3.04. The lowest BCUT2D eigenvalue weighted by molar-refractivity contribution is 0.295. The second-order valence-corrected chi connectivity index (χ2v) is 6.38. The number of benzene rings is 2. The second-order valence-electron chi connectivity index (χ2n) is 6.02. The number of hydrogen-bond donors (Lipinski definition) is 0. The summed E-state index contributed by atoms with van der Waals surface area (Å²) in [6.45, 7) is 0.462. The van der Waals surface area contributed by atoms with Gasteiger partial charge in [-0.3, -0.25) is 0 Å². The molecule has 0 unspecified atom stereocenters. The first-order valence-corrected chi connectivity index (χ1v) is 8.89. The summed E-state index contributed by atoms with van der Waals surface area (Å²) >= 11 is 6.38. The van der Waals surface area contributed by atoms with Crippen LogP contribution in [0.5, 0.6) is 11.6 Å². The van der Waals surface area contributed by atoms with E-state index in [1.165, 1.54) is 0 Å². The van der Waals surface area contributed by atoms with Crippen LogP contribution in [0.2, 0.25) is 5.15 Å². The summed E-state index contributed by atoms with van der Waals surface area (Å²) < 4.78 is 11.0. The van der Waals surface area contributed by atoms with E-state index in [1.807, 2.05) is 72.8 Å². The molecule has 5 heteroatoms. The molecule has 0 aliphatic rings. The Labute approximate surface area is 162 Å². The van der Waals surface area contributed by atoms with Crippen LogP contribution in [0.1, 0.15) is 5.56 Å². The predicted molar refractivity (Wildman–Crippen MR) is 107 cm³/mol. The van der Waals surface area contributed by atoms with Crippen LogP contribution in [-0.4, -0.2) is 17.1 Å². The number of methoxy groups -OCH3 is 1. The zero-order chi connectivity index (χ0) is 18.6. The topological polar surface area (TPSA) is 44.2 Å². The fraction of sp³-hybridized carbons (Fsp3) is 0.0909. The van der Waals surface area contributed by atoms with Gasteiger partial charge < -0.3 is 9.47 Å². The minimum absolute atomic E-state index is 0.417. The molecule has 2 heterocycles. The maximum Gasteiger partial charge on any atom is 0.214 e. The Morgan fingerprint density at radius 3 is 2.41 bits per heavy atom. The van der Waals surface area contributed by atoms with Crippen molar-refractivity contribution >= 4 is 22.5 Å². The smallest absolute Gasteiger partial charge is 0.214 e. The number of halogens is 1. The van der Waals surface area contributed by atoms with Crippen molar-refractivity contribution in [2.24, 2.45) is 0 Å². The van der Waals surface area contributed by atoms with Gasteiger partial charge in [-0.2, -0.15) is 0 Å². The molecule has 4 nitrogen and oxygen atoms in total. The molecule has 2 aromatic heterocycles. The van der Waals surface area contributed by atoms with Crippen LogP contribution in [0.15, 0.2) is 72.8 Å². The van der Waals surface area contributed by atoms with Gasteiger partial charge in [0.05, 0.1) is 18.3 Å². The SMILES string of the molecule is COc1ccc(-c2cc3nc(OCc4ccccc4)ccc3c(Cl)n2)cc1. The molecule has 0 amide bonds. The molecule has 27 heavy (non-hydrogen) atoms. The Hall–Kier alpha value is -3.11. The number of rotatable bonds is 5. The third-order valence-corrected chi connectivity index (χ3v) is 4.52. The molecule has 0 saturated carbocycles. The summed E-state index contributed by atoms with van der Waals surface area (Å²) in [5.74, 6) is 1.34. The van der Waals surface area contributed by atoms with Gasteiger partial charge in [0.1, 0.15) is 17.5 Å². The van der Waals surface area contributed by atoms with Crippen LogP contribution in [0.25, 0.3) is 22.2 Å². The van der Waals surface area contributed by atoms with Gasteiger partial charge in [0.2, 0.25) is 5.88 Å². The van der Waals surface area contributed by atoms with E-state index in [4.69, 9.17) is 21.1 Å². The van der Waals surface area contributed by atoms with E-state index in [0.29, 0.717) is 17.6 Å². The van der Waals surface area contributed by atoms with E-state index in [9.17, 15) is 0 Å². The third-order valence-electron chi connectivity index (χ3n) is 4.23. The van der Waals surface area contributed by atoms with Gasteiger partial charge in [-0.1, -0.05) is 41.9 Å². The summed E-state index contributed by atoms with van der Waals surface area (Å²) in [5.41, 5.74) is 3.53. The Morgan fingerprint density at radius 2 is 1.67 bits per heavy atom. The molecule has 0 atom stereocenters. The molecule has 2 aromatic carbocycles. The monoisotopic (exact) mass is 376 g/mol. The third kappa shape index (κ3) is 3.86.